The number of hydrogen-bond acceptors (Lipinski definition) is 6. The number of aliphatic imine (C=N–C) groups is 1. The number of amidine groups is 1. The lowest BCUT2D eigenvalue weighted by Gasteiger charge is -2.11. The van der Waals surface area contributed by atoms with Crippen molar-refractivity contribution in [1.82, 2.24) is 4.72 Å². The van der Waals surface area contributed by atoms with E-state index in [1.807, 2.05) is 0 Å². The van der Waals surface area contributed by atoms with Crippen molar-refractivity contribution in [3.8, 4) is 0 Å². The Hall–Kier alpha value is -2.62. The van der Waals surface area contributed by atoms with Crippen molar-refractivity contribution in [3.63, 3.8) is 0 Å². The summed E-state index contributed by atoms with van der Waals surface area (Å²) in [5, 5.41) is 7.10. The molecule has 0 spiro atoms. The van der Waals surface area contributed by atoms with Crippen molar-refractivity contribution in [2.24, 2.45) is 10.1 Å². The fourth-order valence-electron chi connectivity index (χ4n) is 2.90. The van der Waals surface area contributed by atoms with Crippen LogP contribution in [0, 0.1) is 0 Å². The number of halogens is 2. The van der Waals surface area contributed by atoms with E-state index in [2.05, 4.69) is 20.2 Å². The summed E-state index contributed by atoms with van der Waals surface area (Å²) in [5.41, 5.74) is 0.973. The topological polar surface area (TPSA) is 109 Å². The molecule has 1 heterocycles. The van der Waals surface area contributed by atoms with Gasteiger partial charge in [0.2, 0.25) is 0 Å². The normalized spacial score (nSPS) is 14.5. The molecule has 0 saturated carbocycles. The second kappa shape index (κ2) is 11.3. The second-order valence-corrected chi connectivity index (χ2v) is 9.50. The van der Waals surface area contributed by atoms with E-state index in [1.54, 1.807) is 30.3 Å². The van der Waals surface area contributed by atoms with Gasteiger partial charge in [-0.25, -0.2) is 8.42 Å². The third kappa shape index (κ3) is 7.22. The van der Waals surface area contributed by atoms with Gasteiger partial charge >= 0.3 is 0 Å². The van der Waals surface area contributed by atoms with Crippen LogP contribution in [0.2, 0.25) is 10.0 Å². The Morgan fingerprint density at radius 2 is 1.97 bits per heavy atom. The maximum Gasteiger partial charge on any atom is 0.265 e. The van der Waals surface area contributed by atoms with Crippen molar-refractivity contribution in [2.75, 3.05) is 18.5 Å². The van der Waals surface area contributed by atoms with E-state index in [4.69, 9.17) is 28.0 Å². The molecule has 2 aromatic carbocycles. The number of nitrogens with zero attached hydrogens (tertiary/aromatic N) is 2. The number of amides is 1. The molecule has 2 aromatic rings. The number of carbonyl (C=O) groups is 1. The van der Waals surface area contributed by atoms with Gasteiger partial charge in [0.05, 0.1) is 21.2 Å². The largest absolute Gasteiger partial charge is 0.386 e. The van der Waals surface area contributed by atoms with Crippen molar-refractivity contribution < 1.29 is 18.0 Å². The smallest absolute Gasteiger partial charge is 0.265 e. The summed E-state index contributed by atoms with van der Waals surface area (Å²) in [6.07, 6.45) is 4.85. The molecule has 170 valence electrons. The molecule has 2 N–H and O–H groups in total. The maximum absolute atomic E-state index is 12.7. The van der Waals surface area contributed by atoms with Gasteiger partial charge in [0.15, 0.2) is 6.61 Å². The van der Waals surface area contributed by atoms with Gasteiger partial charge in [0, 0.05) is 18.7 Å². The quantitative estimate of drug-likeness (QED) is 0.441. The van der Waals surface area contributed by atoms with Crippen molar-refractivity contribution in [2.45, 2.75) is 30.6 Å². The lowest BCUT2D eigenvalue weighted by atomic mass is 10.2. The molecule has 0 fully saturated rings. The van der Waals surface area contributed by atoms with Gasteiger partial charge in [-0.05, 0) is 48.7 Å². The Labute approximate surface area is 196 Å². The molecule has 0 bridgehead atoms. The van der Waals surface area contributed by atoms with E-state index in [0.717, 1.165) is 19.3 Å². The molecular weight excluding hydrogens is 475 g/mol. The lowest BCUT2D eigenvalue weighted by Crippen LogP contribution is -2.30. The van der Waals surface area contributed by atoms with Crippen LogP contribution in [0.25, 0.3) is 0 Å². The number of nitrogens with one attached hydrogen (secondary N) is 2. The molecule has 0 unspecified atom stereocenters. The van der Waals surface area contributed by atoms with Crippen LogP contribution in [0.15, 0.2) is 57.5 Å². The van der Waals surface area contributed by atoms with Crippen molar-refractivity contribution >= 4 is 56.9 Å². The van der Waals surface area contributed by atoms with Gasteiger partial charge in [0.25, 0.3) is 15.9 Å². The van der Waals surface area contributed by atoms with Gasteiger partial charge in [-0.1, -0.05) is 46.9 Å². The molecule has 0 radical (unpaired) electrons. The minimum absolute atomic E-state index is 0.0285. The van der Waals surface area contributed by atoms with Crippen molar-refractivity contribution in [1.29, 1.82) is 0 Å². The van der Waals surface area contributed by atoms with Gasteiger partial charge in [-0.3, -0.25) is 14.5 Å². The first-order chi connectivity index (χ1) is 15.3. The van der Waals surface area contributed by atoms with Gasteiger partial charge < -0.3 is 10.2 Å². The lowest BCUT2D eigenvalue weighted by molar-refractivity contribution is -0.120. The highest BCUT2D eigenvalue weighted by atomic mass is 35.5. The average molecular weight is 497 g/mol. The van der Waals surface area contributed by atoms with Crippen LogP contribution in [0.3, 0.4) is 0 Å². The van der Waals surface area contributed by atoms with E-state index in [9.17, 15) is 13.2 Å². The Kier molecular flexibility index (Phi) is 8.49. The molecular formula is C21H22Cl2N4O4S. The van der Waals surface area contributed by atoms with Gasteiger partial charge in [-0.15, -0.1) is 0 Å². The van der Waals surface area contributed by atoms with E-state index >= 15 is 0 Å². The number of hydrogen-bond donors (Lipinski definition) is 2. The Morgan fingerprint density at radius 3 is 2.78 bits per heavy atom. The summed E-state index contributed by atoms with van der Waals surface area (Å²) < 4.78 is 27.9. The monoisotopic (exact) mass is 496 g/mol. The summed E-state index contributed by atoms with van der Waals surface area (Å²) in [7, 11) is -3.80. The van der Waals surface area contributed by atoms with Crippen LogP contribution in [-0.2, 0) is 19.7 Å². The Bertz CT molecular complexity index is 1140. The molecule has 1 aliphatic rings. The molecule has 1 amide bonds. The van der Waals surface area contributed by atoms with E-state index in [0.29, 0.717) is 40.1 Å². The van der Waals surface area contributed by atoms with Crippen LogP contribution >= 0.6 is 23.2 Å². The summed E-state index contributed by atoms with van der Waals surface area (Å²) in [6, 6.07) is 10.9. The fourth-order valence-corrected chi connectivity index (χ4v) is 4.34. The second-order valence-electron chi connectivity index (χ2n) is 7.00. The molecule has 32 heavy (non-hydrogen) atoms. The van der Waals surface area contributed by atoms with E-state index < -0.39 is 15.9 Å². The first-order valence-corrected chi connectivity index (χ1v) is 12.1. The highest BCUT2D eigenvalue weighted by Gasteiger charge is 2.18. The van der Waals surface area contributed by atoms with Crippen LogP contribution in [0.4, 0.5) is 5.69 Å². The third-order valence-electron chi connectivity index (χ3n) is 4.47. The zero-order valence-corrected chi connectivity index (χ0v) is 19.4. The van der Waals surface area contributed by atoms with E-state index in [1.165, 1.54) is 18.3 Å². The standard InChI is InChI=1S/C21H22Cl2N4O4S/c22-18-9-8-15(11-19(18)23)13-25-31-14-21(28)26-16-5-4-6-17(12-16)32(29,30)27-20-7-2-1-3-10-24-20/h4-6,8-9,11-13H,1-3,7,10,14H2,(H,24,27)(H,26,28)/b25-13+. The number of benzene rings is 2. The minimum Gasteiger partial charge on any atom is -0.386 e. The summed E-state index contributed by atoms with van der Waals surface area (Å²) in [4.78, 5) is 21.4. The Morgan fingerprint density at radius 1 is 1.12 bits per heavy atom. The zero-order valence-electron chi connectivity index (χ0n) is 17.1. The summed E-state index contributed by atoms with van der Waals surface area (Å²) in [5.74, 6) is -0.0305. The number of carbonyl (C=O) groups excluding carboxylic acids is 1. The number of rotatable bonds is 7. The molecule has 11 heteroatoms. The number of oxime groups is 1. The predicted octanol–water partition coefficient (Wildman–Crippen LogP) is 4.23. The first-order valence-electron chi connectivity index (χ1n) is 9.90. The molecule has 8 nitrogen and oxygen atoms in total. The highest BCUT2D eigenvalue weighted by Crippen LogP contribution is 2.22. The van der Waals surface area contributed by atoms with Crippen LogP contribution in [-0.4, -0.2) is 39.5 Å². The Balaban J connectivity index is 1.55. The predicted molar refractivity (Wildman–Crippen MR) is 126 cm³/mol. The zero-order chi connectivity index (χ0) is 23.0. The molecule has 0 atom stereocenters. The molecule has 0 aromatic heterocycles. The molecule has 1 aliphatic heterocycles. The van der Waals surface area contributed by atoms with Gasteiger partial charge in [0.1, 0.15) is 5.84 Å². The van der Waals surface area contributed by atoms with E-state index in [-0.39, 0.29) is 11.5 Å². The maximum atomic E-state index is 12.7. The molecule has 0 aliphatic carbocycles. The number of anilines is 1. The first kappa shape index (κ1) is 24.0. The minimum atomic E-state index is -3.80. The van der Waals surface area contributed by atoms with Gasteiger partial charge in [-0.2, -0.15) is 0 Å². The fraction of sp³-hybridized carbons (Fsp3) is 0.286. The van der Waals surface area contributed by atoms with Crippen LogP contribution in [0.1, 0.15) is 31.2 Å². The summed E-state index contributed by atoms with van der Waals surface area (Å²) >= 11 is 11.8. The molecule has 3 rings (SSSR count). The van der Waals surface area contributed by atoms with Crippen LogP contribution < -0.4 is 10.0 Å². The third-order valence-corrected chi connectivity index (χ3v) is 6.59. The highest BCUT2D eigenvalue weighted by molar-refractivity contribution is 7.90. The molecule has 0 saturated heterocycles. The summed E-state index contributed by atoms with van der Waals surface area (Å²) in [6.45, 7) is 0.255. The number of sulfonamides is 1. The SMILES string of the molecule is O=C(CO/N=C/c1ccc(Cl)c(Cl)c1)Nc1cccc(S(=O)(=O)NC2=NCCCCC2)c1. The van der Waals surface area contributed by atoms with Crippen molar-refractivity contribution in [3.05, 3.63) is 58.1 Å². The average Bonchev–Trinajstić information content (AvgIpc) is 3.02. The van der Waals surface area contributed by atoms with Crippen LogP contribution in [0.5, 0.6) is 0 Å².